The third-order valence-corrected chi connectivity index (χ3v) is 5.06. The zero-order valence-electron chi connectivity index (χ0n) is 17.3. The van der Waals surface area contributed by atoms with Gasteiger partial charge in [-0.25, -0.2) is 10.4 Å². The Balaban J connectivity index is 1.43. The highest BCUT2D eigenvalue weighted by molar-refractivity contribution is 5.81. The first kappa shape index (κ1) is 20.6. The smallest absolute Gasteiger partial charge is 0.257 e. The number of aromatic hydroxyl groups is 1. The van der Waals surface area contributed by atoms with Gasteiger partial charge in [0.25, 0.3) is 5.56 Å². The van der Waals surface area contributed by atoms with Gasteiger partial charge in [-0.3, -0.25) is 14.7 Å². The summed E-state index contributed by atoms with van der Waals surface area (Å²) in [5.74, 6) is 0.779. The average molecular weight is 419 g/mol. The second kappa shape index (κ2) is 9.44. The molecule has 0 atom stereocenters. The number of anilines is 1. The van der Waals surface area contributed by atoms with Crippen molar-refractivity contribution in [1.29, 1.82) is 0 Å². The van der Waals surface area contributed by atoms with Crippen LogP contribution < -0.4 is 15.7 Å². The molecule has 0 amide bonds. The number of ether oxygens (including phenoxy) is 1. The summed E-state index contributed by atoms with van der Waals surface area (Å²) in [6.07, 6.45) is 2.28. The first-order valence-electron chi connectivity index (χ1n) is 10.3. The number of hydrogen-bond donors (Lipinski definition) is 3. The molecular formula is C23H25N5O3. The summed E-state index contributed by atoms with van der Waals surface area (Å²) < 4.78 is 5.37. The van der Waals surface area contributed by atoms with Crippen LogP contribution in [-0.2, 0) is 19.5 Å². The molecule has 2 heterocycles. The molecule has 0 radical (unpaired) electrons. The Morgan fingerprint density at radius 2 is 2.13 bits per heavy atom. The van der Waals surface area contributed by atoms with Gasteiger partial charge in [0.15, 0.2) is 11.5 Å². The summed E-state index contributed by atoms with van der Waals surface area (Å²) in [5, 5.41) is 13.9. The normalized spacial score (nSPS) is 13.8. The van der Waals surface area contributed by atoms with Crippen LogP contribution in [0.2, 0.25) is 0 Å². The van der Waals surface area contributed by atoms with Crippen LogP contribution in [0.1, 0.15) is 29.3 Å². The first-order chi connectivity index (χ1) is 15.1. The predicted octanol–water partition coefficient (Wildman–Crippen LogP) is 2.88. The molecule has 0 bridgehead atoms. The zero-order valence-corrected chi connectivity index (χ0v) is 17.3. The number of phenolic OH excluding ortho intramolecular Hbond substituents is 1. The van der Waals surface area contributed by atoms with Crippen LogP contribution in [0, 0.1) is 0 Å². The molecule has 3 N–H and O–H groups in total. The van der Waals surface area contributed by atoms with Gasteiger partial charge in [-0.1, -0.05) is 30.3 Å². The van der Waals surface area contributed by atoms with Crippen molar-refractivity contribution in [2.75, 3.05) is 18.6 Å². The molecule has 1 aliphatic heterocycles. The van der Waals surface area contributed by atoms with Crippen LogP contribution >= 0.6 is 0 Å². The first-order valence-corrected chi connectivity index (χ1v) is 10.3. The Morgan fingerprint density at radius 1 is 1.29 bits per heavy atom. The fraction of sp³-hybridized carbons (Fsp3) is 0.261. The molecule has 0 saturated carbocycles. The number of nitrogens with one attached hydrogen (secondary N) is 2. The summed E-state index contributed by atoms with van der Waals surface area (Å²) in [5.41, 5.74) is 6.11. The largest absolute Gasteiger partial charge is 0.504 e. The van der Waals surface area contributed by atoms with E-state index in [1.54, 1.807) is 24.4 Å². The minimum absolute atomic E-state index is 0.0777. The van der Waals surface area contributed by atoms with Crippen molar-refractivity contribution in [3.8, 4) is 11.5 Å². The number of phenols is 1. The average Bonchev–Trinajstić information content (AvgIpc) is 2.77. The van der Waals surface area contributed by atoms with E-state index in [-0.39, 0.29) is 11.3 Å². The lowest BCUT2D eigenvalue weighted by atomic mass is 10.1. The van der Waals surface area contributed by atoms with Crippen LogP contribution in [0.4, 0.5) is 5.95 Å². The molecule has 3 aromatic rings. The van der Waals surface area contributed by atoms with Crippen molar-refractivity contribution in [1.82, 2.24) is 14.9 Å². The lowest BCUT2D eigenvalue weighted by Gasteiger charge is -2.27. The topological polar surface area (TPSA) is 103 Å². The zero-order chi connectivity index (χ0) is 21.6. The standard InChI is InChI=1S/C23H25N5O3/c1-2-31-21-12-17(8-9-20(21)29)13-24-27-23-25-19-10-11-28(15-18(19)22(30)26-23)14-16-6-4-3-5-7-16/h3-9,12-13,29H,2,10-11,14-15H2,1H3,(H2,25,26,27,30)/b24-13-. The molecule has 1 aliphatic rings. The molecule has 160 valence electrons. The van der Waals surface area contributed by atoms with Gasteiger partial charge in [0.1, 0.15) is 0 Å². The van der Waals surface area contributed by atoms with Crippen LogP contribution in [0.25, 0.3) is 0 Å². The molecule has 0 unspecified atom stereocenters. The third kappa shape index (κ3) is 5.10. The van der Waals surface area contributed by atoms with Gasteiger partial charge >= 0.3 is 0 Å². The molecule has 31 heavy (non-hydrogen) atoms. The van der Waals surface area contributed by atoms with Crippen molar-refractivity contribution in [2.45, 2.75) is 26.4 Å². The Kier molecular flexibility index (Phi) is 6.28. The van der Waals surface area contributed by atoms with E-state index < -0.39 is 0 Å². The summed E-state index contributed by atoms with van der Waals surface area (Å²) in [7, 11) is 0. The number of rotatable bonds is 7. The molecule has 2 aromatic carbocycles. The number of hydrogen-bond acceptors (Lipinski definition) is 7. The monoisotopic (exact) mass is 419 g/mol. The summed E-state index contributed by atoms with van der Waals surface area (Å²) in [6.45, 7) is 4.52. The molecule has 0 saturated heterocycles. The number of aromatic amines is 1. The van der Waals surface area contributed by atoms with Gasteiger partial charge in [0, 0.05) is 26.1 Å². The highest BCUT2D eigenvalue weighted by Crippen LogP contribution is 2.26. The van der Waals surface area contributed by atoms with E-state index >= 15 is 0 Å². The van der Waals surface area contributed by atoms with E-state index in [9.17, 15) is 9.90 Å². The summed E-state index contributed by atoms with van der Waals surface area (Å²) in [6, 6.07) is 15.2. The SMILES string of the molecule is CCOc1cc(/C=N\Nc2nc3c(c(=O)[nH]2)CN(Cc2ccccc2)CC3)ccc1O. The highest BCUT2D eigenvalue weighted by atomic mass is 16.5. The van der Waals surface area contributed by atoms with Crippen molar-refractivity contribution >= 4 is 12.2 Å². The number of H-pyrrole nitrogens is 1. The molecule has 4 rings (SSSR count). The predicted molar refractivity (Wildman–Crippen MR) is 120 cm³/mol. The van der Waals surface area contributed by atoms with Gasteiger partial charge < -0.3 is 9.84 Å². The Morgan fingerprint density at radius 3 is 2.94 bits per heavy atom. The van der Waals surface area contributed by atoms with E-state index in [2.05, 4.69) is 37.5 Å². The van der Waals surface area contributed by atoms with E-state index in [1.807, 2.05) is 25.1 Å². The van der Waals surface area contributed by atoms with Gasteiger partial charge in [-0.2, -0.15) is 5.10 Å². The fourth-order valence-electron chi connectivity index (χ4n) is 3.56. The molecule has 0 spiro atoms. The van der Waals surface area contributed by atoms with Gasteiger partial charge in [-0.05, 0) is 36.2 Å². The number of hydrazone groups is 1. The van der Waals surface area contributed by atoms with Crippen molar-refractivity contribution in [2.24, 2.45) is 5.10 Å². The summed E-state index contributed by atoms with van der Waals surface area (Å²) >= 11 is 0. The maximum Gasteiger partial charge on any atom is 0.257 e. The van der Waals surface area contributed by atoms with Crippen molar-refractivity contribution < 1.29 is 9.84 Å². The lowest BCUT2D eigenvalue weighted by molar-refractivity contribution is 0.242. The lowest BCUT2D eigenvalue weighted by Crippen LogP contribution is -2.35. The minimum atomic E-state index is -0.149. The molecule has 0 fully saturated rings. The van der Waals surface area contributed by atoms with Crippen LogP contribution in [0.3, 0.4) is 0 Å². The molecule has 8 heteroatoms. The van der Waals surface area contributed by atoms with E-state index in [1.165, 1.54) is 5.56 Å². The maximum atomic E-state index is 12.6. The number of fused-ring (bicyclic) bond motifs is 1. The van der Waals surface area contributed by atoms with E-state index in [0.29, 0.717) is 36.8 Å². The Labute approximate surface area is 180 Å². The van der Waals surface area contributed by atoms with E-state index in [4.69, 9.17) is 4.74 Å². The Hall–Kier alpha value is -3.65. The minimum Gasteiger partial charge on any atom is -0.504 e. The van der Waals surface area contributed by atoms with Gasteiger partial charge in [0.2, 0.25) is 5.95 Å². The fourth-order valence-corrected chi connectivity index (χ4v) is 3.56. The number of benzene rings is 2. The highest BCUT2D eigenvalue weighted by Gasteiger charge is 2.21. The van der Waals surface area contributed by atoms with Crippen LogP contribution in [0.15, 0.2) is 58.4 Å². The number of aromatic nitrogens is 2. The quantitative estimate of drug-likeness (QED) is 0.402. The molecule has 8 nitrogen and oxygen atoms in total. The van der Waals surface area contributed by atoms with Crippen molar-refractivity contribution in [3.63, 3.8) is 0 Å². The summed E-state index contributed by atoms with van der Waals surface area (Å²) in [4.78, 5) is 22.2. The molecule has 1 aromatic heterocycles. The van der Waals surface area contributed by atoms with Gasteiger partial charge in [0.05, 0.1) is 24.1 Å². The maximum absolute atomic E-state index is 12.6. The Bertz CT molecular complexity index is 1130. The third-order valence-electron chi connectivity index (χ3n) is 5.06. The van der Waals surface area contributed by atoms with Crippen LogP contribution in [-0.4, -0.2) is 39.3 Å². The molecule has 0 aliphatic carbocycles. The van der Waals surface area contributed by atoms with E-state index in [0.717, 1.165) is 24.3 Å². The van der Waals surface area contributed by atoms with Gasteiger partial charge in [-0.15, -0.1) is 0 Å². The second-order valence-electron chi connectivity index (χ2n) is 7.32. The number of nitrogens with zero attached hydrogens (tertiary/aromatic N) is 3. The molecular weight excluding hydrogens is 394 g/mol. The second-order valence-corrected chi connectivity index (χ2v) is 7.32. The van der Waals surface area contributed by atoms with Crippen LogP contribution in [0.5, 0.6) is 11.5 Å². The van der Waals surface area contributed by atoms with Crippen molar-refractivity contribution in [3.05, 3.63) is 81.3 Å².